The van der Waals surface area contributed by atoms with Crippen LogP contribution in [0.2, 0.25) is 0 Å². The molecule has 3 aromatic rings. The molecule has 0 fully saturated rings. The van der Waals surface area contributed by atoms with Crippen molar-refractivity contribution in [3.8, 4) is 11.5 Å². The van der Waals surface area contributed by atoms with Crippen molar-refractivity contribution in [3.05, 3.63) is 64.9 Å². The van der Waals surface area contributed by atoms with Crippen molar-refractivity contribution in [2.24, 2.45) is 7.05 Å². The number of methoxy groups -OCH3 is 2. The van der Waals surface area contributed by atoms with Crippen LogP contribution in [0.5, 0.6) is 11.5 Å². The van der Waals surface area contributed by atoms with Gasteiger partial charge in [0, 0.05) is 13.2 Å². The van der Waals surface area contributed by atoms with Crippen molar-refractivity contribution in [2.45, 2.75) is 17.9 Å². The van der Waals surface area contributed by atoms with Gasteiger partial charge in [-0.3, -0.25) is 8.99 Å². The Morgan fingerprint density at radius 1 is 1.14 bits per heavy atom. The lowest BCUT2D eigenvalue weighted by atomic mass is 10.1. The molecule has 0 radical (unpaired) electrons. The first kappa shape index (κ1) is 21.2. The minimum absolute atomic E-state index is 0.142. The first-order chi connectivity index (χ1) is 13.8. The highest BCUT2D eigenvalue weighted by molar-refractivity contribution is 9.10. The Balaban J connectivity index is 2.13. The number of aromatic nitrogens is 2. The summed E-state index contributed by atoms with van der Waals surface area (Å²) in [5, 5.41) is 4.16. The number of halogens is 1. The third-order valence-corrected chi connectivity index (χ3v) is 7.07. The summed E-state index contributed by atoms with van der Waals surface area (Å²) in [6, 6.07) is 11.5. The zero-order valence-electron chi connectivity index (χ0n) is 16.5. The Hall–Kier alpha value is -2.52. The quantitative estimate of drug-likeness (QED) is 0.508. The van der Waals surface area contributed by atoms with Gasteiger partial charge in [0.25, 0.3) is 10.0 Å². The summed E-state index contributed by atoms with van der Waals surface area (Å²) in [4.78, 5) is 0.142. The van der Waals surface area contributed by atoms with Crippen LogP contribution in [0.1, 0.15) is 18.5 Å². The van der Waals surface area contributed by atoms with E-state index < -0.39 is 16.1 Å². The SMILES string of the molecule is COc1cccc([C@H](C)N(c2cnn(C)c2)S(=O)(=O)c2ccc(OC)c(Br)c2)c1. The molecule has 3 rings (SSSR count). The minimum Gasteiger partial charge on any atom is -0.497 e. The smallest absolute Gasteiger partial charge is 0.265 e. The number of hydrogen-bond donors (Lipinski definition) is 0. The summed E-state index contributed by atoms with van der Waals surface area (Å²) >= 11 is 3.37. The van der Waals surface area contributed by atoms with Gasteiger partial charge in [0.05, 0.1) is 41.5 Å². The van der Waals surface area contributed by atoms with E-state index in [9.17, 15) is 8.42 Å². The van der Waals surface area contributed by atoms with Gasteiger partial charge in [-0.05, 0) is 58.7 Å². The number of sulfonamides is 1. The van der Waals surface area contributed by atoms with E-state index in [0.29, 0.717) is 21.7 Å². The van der Waals surface area contributed by atoms with Gasteiger partial charge in [0.1, 0.15) is 11.5 Å². The second-order valence-electron chi connectivity index (χ2n) is 6.42. The van der Waals surface area contributed by atoms with Crippen molar-refractivity contribution in [2.75, 3.05) is 18.5 Å². The van der Waals surface area contributed by atoms with Crippen LogP contribution in [0.25, 0.3) is 0 Å². The fourth-order valence-corrected chi connectivity index (χ4v) is 5.39. The fraction of sp³-hybridized carbons (Fsp3) is 0.250. The Labute approximate surface area is 179 Å². The van der Waals surface area contributed by atoms with Crippen LogP contribution < -0.4 is 13.8 Å². The molecule has 0 aliphatic heterocycles. The van der Waals surface area contributed by atoms with Gasteiger partial charge in [0.2, 0.25) is 0 Å². The lowest BCUT2D eigenvalue weighted by molar-refractivity contribution is 0.411. The minimum atomic E-state index is -3.90. The molecular weight excluding hydrogens is 458 g/mol. The molecule has 1 aromatic heterocycles. The predicted molar refractivity (Wildman–Crippen MR) is 115 cm³/mol. The highest BCUT2D eigenvalue weighted by Crippen LogP contribution is 2.36. The van der Waals surface area contributed by atoms with Gasteiger partial charge in [-0.15, -0.1) is 0 Å². The van der Waals surface area contributed by atoms with Crippen molar-refractivity contribution in [1.82, 2.24) is 9.78 Å². The molecule has 154 valence electrons. The van der Waals surface area contributed by atoms with Crippen LogP contribution in [0.4, 0.5) is 5.69 Å². The molecule has 0 bridgehead atoms. The molecule has 0 N–H and O–H groups in total. The Kier molecular flexibility index (Phi) is 6.18. The molecule has 1 atom stereocenters. The standard InChI is InChI=1S/C20H22BrN3O4S/c1-14(15-6-5-7-17(10-15)27-3)24(16-12-22-23(2)13-16)29(25,26)18-8-9-20(28-4)19(21)11-18/h5-14H,1-4H3/t14-/m0/s1. The van der Waals surface area contributed by atoms with Crippen LogP contribution in [-0.2, 0) is 17.1 Å². The van der Waals surface area contributed by atoms with Crippen LogP contribution in [0.15, 0.2) is 64.2 Å². The monoisotopic (exact) mass is 479 g/mol. The maximum absolute atomic E-state index is 13.7. The number of anilines is 1. The van der Waals surface area contributed by atoms with Gasteiger partial charge >= 0.3 is 0 Å². The van der Waals surface area contributed by atoms with Crippen LogP contribution in [-0.4, -0.2) is 32.4 Å². The molecule has 0 aliphatic carbocycles. The average Bonchev–Trinajstić information content (AvgIpc) is 3.13. The maximum atomic E-state index is 13.7. The van der Waals surface area contributed by atoms with Crippen molar-refractivity contribution < 1.29 is 17.9 Å². The number of hydrogen-bond acceptors (Lipinski definition) is 5. The summed E-state index contributed by atoms with van der Waals surface area (Å²) < 4.78 is 41.3. The van der Waals surface area contributed by atoms with E-state index in [1.807, 2.05) is 31.2 Å². The first-order valence-corrected chi connectivity index (χ1v) is 11.0. The Morgan fingerprint density at radius 2 is 1.90 bits per heavy atom. The molecule has 0 saturated heterocycles. The number of aryl methyl sites for hydroxylation is 1. The van der Waals surface area contributed by atoms with Crippen LogP contribution in [0, 0.1) is 0 Å². The summed E-state index contributed by atoms with van der Waals surface area (Å²) in [5.74, 6) is 1.21. The summed E-state index contributed by atoms with van der Waals surface area (Å²) in [6.45, 7) is 1.83. The largest absolute Gasteiger partial charge is 0.497 e. The van der Waals surface area contributed by atoms with E-state index in [1.165, 1.54) is 29.7 Å². The highest BCUT2D eigenvalue weighted by Gasteiger charge is 2.32. The normalized spacial score (nSPS) is 12.4. The fourth-order valence-electron chi connectivity index (χ4n) is 3.05. The van der Waals surface area contributed by atoms with Gasteiger partial charge in [-0.1, -0.05) is 12.1 Å². The zero-order valence-corrected chi connectivity index (χ0v) is 18.9. The van der Waals surface area contributed by atoms with Crippen LogP contribution in [0.3, 0.4) is 0 Å². The topological polar surface area (TPSA) is 73.7 Å². The number of nitrogens with zero attached hydrogens (tertiary/aromatic N) is 3. The molecule has 7 nitrogen and oxygen atoms in total. The number of ether oxygens (including phenoxy) is 2. The van der Waals surface area contributed by atoms with Crippen molar-refractivity contribution in [1.29, 1.82) is 0 Å². The molecule has 2 aromatic carbocycles. The molecule has 0 unspecified atom stereocenters. The van der Waals surface area contributed by atoms with Gasteiger partial charge in [-0.2, -0.15) is 5.10 Å². The first-order valence-electron chi connectivity index (χ1n) is 8.78. The predicted octanol–water partition coefficient (Wildman–Crippen LogP) is 4.16. The summed E-state index contributed by atoms with van der Waals surface area (Å²) in [5.41, 5.74) is 1.26. The van der Waals surface area contributed by atoms with Crippen molar-refractivity contribution >= 4 is 31.6 Å². The lowest BCUT2D eigenvalue weighted by Gasteiger charge is -2.30. The van der Waals surface area contributed by atoms with E-state index >= 15 is 0 Å². The third-order valence-electron chi connectivity index (χ3n) is 4.55. The molecule has 0 saturated carbocycles. The number of rotatable bonds is 7. The molecular formula is C20H22BrN3O4S. The second kappa shape index (κ2) is 8.46. The van der Waals surface area contributed by atoms with Crippen LogP contribution >= 0.6 is 15.9 Å². The molecule has 0 spiro atoms. The molecule has 9 heteroatoms. The van der Waals surface area contributed by atoms with E-state index in [2.05, 4.69) is 21.0 Å². The molecule has 0 amide bonds. The molecule has 0 aliphatic rings. The second-order valence-corrected chi connectivity index (χ2v) is 9.09. The zero-order chi connectivity index (χ0) is 21.2. The Bertz CT molecular complexity index is 1110. The van der Waals surface area contributed by atoms with Crippen molar-refractivity contribution in [3.63, 3.8) is 0 Å². The lowest BCUT2D eigenvalue weighted by Crippen LogP contribution is -2.33. The van der Waals surface area contributed by atoms with E-state index in [-0.39, 0.29) is 4.90 Å². The van der Waals surface area contributed by atoms with Gasteiger partial charge < -0.3 is 9.47 Å². The molecule has 29 heavy (non-hydrogen) atoms. The van der Waals surface area contributed by atoms with Gasteiger partial charge in [0.15, 0.2) is 0 Å². The third kappa shape index (κ3) is 4.25. The van der Waals surface area contributed by atoms with Gasteiger partial charge in [-0.25, -0.2) is 8.42 Å². The summed E-state index contributed by atoms with van der Waals surface area (Å²) in [7, 11) is 0.949. The highest BCUT2D eigenvalue weighted by atomic mass is 79.9. The molecule has 1 heterocycles. The maximum Gasteiger partial charge on any atom is 0.265 e. The Morgan fingerprint density at radius 3 is 2.48 bits per heavy atom. The number of benzene rings is 2. The average molecular weight is 480 g/mol. The van der Waals surface area contributed by atoms with E-state index in [4.69, 9.17) is 9.47 Å². The van der Waals surface area contributed by atoms with E-state index in [1.54, 1.807) is 31.1 Å². The summed E-state index contributed by atoms with van der Waals surface area (Å²) in [6.07, 6.45) is 3.21. The van der Waals surface area contributed by atoms with E-state index in [0.717, 1.165) is 5.56 Å².